The molecule has 1 atom stereocenters. The predicted octanol–water partition coefficient (Wildman–Crippen LogP) is 3.15. The lowest BCUT2D eigenvalue weighted by atomic mass is 10.1. The molecule has 0 unspecified atom stereocenters. The van der Waals surface area contributed by atoms with Crippen molar-refractivity contribution in [2.24, 2.45) is 0 Å². The summed E-state index contributed by atoms with van der Waals surface area (Å²) in [5.74, 6) is 0.526. The van der Waals surface area contributed by atoms with E-state index in [0.717, 1.165) is 9.25 Å². The molecular weight excluding hydrogens is 529 g/mol. The second kappa shape index (κ2) is 10.2. The van der Waals surface area contributed by atoms with Gasteiger partial charge in [0.25, 0.3) is 0 Å². The number of aromatic nitrogens is 6. The van der Waals surface area contributed by atoms with Crippen molar-refractivity contribution in [3.05, 3.63) is 75.7 Å². The second-order valence-electron chi connectivity index (χ2n) is 8.93. The topological polar surface area (TPSA) is 120 Å². The van der Waals surface area contributed by atoms with Crippen molar-refractivity contribution in [1.82, 2.24) is 29.1 Å². The summed E-state index contributed by atoms with van der Waals surface area (Å²) in [4.78, 5) is 17.6. The number of para-hydroxylation sites is 2. The van der Waals surface area contributed by atoms with Gasteiger partial charge in [0.15, 0.2) is 23.6 Å². The van der Waals surface area contributed by atoms with Gasteiger partial charge in [-0.25, -0.2) is 19.1 Å². The van der Waals surface area contributed by atoms with E-state index in [4.69, 9.17) is 16.3 Å². The Labute approximate surface area is 219 Å². The molecular formula is C24H24ClF3N6O4. The second-order valence-corrected chi connectivity index (χ2v) is 9.37. The van der Waals surface area contributed by atoms with E-state index >= 15 is 0 Å². The van der Waals surface area contributed by atoms with Crippen LogP contribution in [0, 0.1) is 0 Å². The largest absolute Gasteiger partial charge is 0.494 e. The molecule has 2 N–H and O–H groups in total. The number of methoxy groups -OCH3 is 1. The van der Waals surface area contributed by atoms with Gasteiger partial charge in [-0.1, -0.05) is 23.7 Å². The SMILES string of the molecule is COc1ccccc1-n1nc(Cn2nc(-c3ccc(Cl)cc3)n(C[C@H](O)C(F)(F)F)c2=O)nc1C(C)(C)O. The van der Waals surface area contributed by atoms with Crippen LogP contribution < -0.4 is 10.4 Å². The highest BCUT2D eigenvalue weighted by Crippen LogP contribution is 2.28. The lowest BCUT2D eigenvalue weighted by Crippen LogP contribution is -2.37. The minimum atomic E-state index is -4.95. The van der Waals surface area contributed by atoms with Gasteiger partial charge < -0.3 is 14.9 Å². The Morgan fingerprint density at radius 1 is 1.08 bits per heavy atom. The Kier molecular flexibility index (Phi) is 7.37. The molecule has 0 saturated heterocycles. The monoisotopic (exact) mass is 552 g/mol. The molecule has 0 fully saturated rings. The van der Waals surface area contributed by atoms with E-state index in [1.807, 2.05) is 0 Å². The van der Waals surface area contributed by atoms with Crippen molar-refractivity contribution in [1.29, 1.82) is 0 Å². The van der Waals surface area contributed by atoms with Gasteiger partial charge in [-0.3, -0.25) is 4.57 Å². The van der Waals surface area contributed by atoms with Crippen molar-refractivity contribution in [3.63, 3.8) is 0 Å². The average molecular weight is 553 g/mol. The quantitative estimate of drug-likeness (QED) is 0.344. The van der Waals surface area contributed by atoms with Crippen LogP contribution in [0.2, 0.25) is 5.02 Å². The molecule has 10 nitrogen and oxygen atoms in total. The molecule has 0 bridgehead atoms. The molecule has 0 saturated carbocycles. The van der Waals surface area contributed by atoms with Gasteiger partial charge in [0, 0.05) is 10.6 Å². The summed E-state index contributed by atoms with van der Waals surface area (Å²) in [6.45, 7) is 1.60. The highest BCUT2D eigenvalue weighted by atomic mass is 35.5. The Hall–Kier alpha value is -3.68. The van der Waals surface area contributed by atoms with Crippen LogP contribution in [0.3, 0.4) is 0 Å². The van der Waals surface area contributed by atoms with Gasteiger partial charge in [0.2, 0.25) is 0 Å². The van der Waals surface area contributed by atoms with Gasteiger partial charge in [0.05, 0.1) is 13.7 Å². The van der Waals surface area contributed by atoms with E-state index in [2.05, 4.69) is 15.2 Å². The molecule has 0 aliphatic carbocycles. The van der Waals surface area contributed by atoms with E-state index in [0.29, 0.717) is 22.0 Å². The molecule has 202 valence electrons. The Morgan fingerprint density at radius 3 is 2.34 bits per heavy atom. The molecule has 2 aromatic heterocycles. The standard InChI is InChI=1S/C24H24ClF3N6O4/c1-23(2,37)21-29-19(30-34(21)16-6-4-5-7-17(16)38-3)13-33-22(36)32(12-18(35)24(26,27)28)20(31-33)14-8-10-15(25)11-9-14/h4-11,18,35,37H,12-13H2,1-3H3/t18-/m0/s1. The number of halogens is 4. The number of aliphatic hydroxyl groups excluding tert-OH is 1. The fourth-order valence-electron chi connectivity index (χ4n) is 3.72. The smallest absolute Gasteiger partial charge is 0.416 e. The summed E-state index contributed by atoms with van der Waals surface area (Å²) in [5.41, 5.74) is -1.60. The number of hydrogen-bond acceptors (Lipinski definition) is 7. The number of benzene rings is 2. The number of rotatable bonds is 8. The fourth-order valence-corrected chi connectivity index (χ4v) is 3.85. The number of hydrogen-bond donors (Lipinski definition) is 2. The molecule has 4 aromatic rings. The molecule has 0 radical (unpaired) electrons. The maximum atomic E-state index is 13.2. The minimum absolute atomic E-state index is 0.0545. The van der Waals surface area contributed by atoms with Crippen molar-refractivity contribution in [2.75, 3.05) is 7.11 Å². The Morgan fingerprint density at radius 2 is 1.74 bits per heavy atom. The van der Waals surface area contributed by atoms with Gasteiger partial charge in [-0.05, 0) is 50.2 Å². The Bertz CT molecular complexity index is 1490. The van der Waals surface area contributed by atoms with Crippen LogP contribution in [-0.4, -0.2) is 58.7 Å². The molecule has 4 rings (SSSR count). The van der Waals surface area contributed by atoms with Gasteiger partial charge in [-0.2, -0.15) is 13.2 Å². The van der Waals surface area contributed by atoms with Crippen molar-refractivity contribution in [3.8, 4) is 22.8 Å². The molecule has 0 aliphatic heterocycles. The first-order valence-electron chi connectivity index (χ1n) is 11.3. The number of nitrogens with zero attached hydrogens (tertiary/aromatic N) is 6. The Balaban J connectivity index is 1.81. The lowest BCUT2D eigenvalue weighted by Gasteiger charge is -2.18. The number of alkyl halides is 3. The molecule has 0 aliphatic rings. The third-order valence-corrected chi connectivity index (χ3v) is 5.81. The third kappa shape index (κ3) is 5.59. The van der Waals surface area contributed by atoms with E-state index < -0.39 is 30.1 Å². The first-order chi connectivity index (χ1) is 17.8. The highest BCUT2D eigenvalue weighted by molar-refractivity contribution is 6.30. The van der Waals surface area contributed by atoms with Gasteiger partial charge in [0.1, 0.15) is 23.6 Å². The predicted molar refractivity (Wildman–Crippen MR) is 131 cm³/mol. The van der Waals surface area contributed by atoms with Gasteiger partial charge >= 0.3 is 11.9 Å². The lowest BCUT2D eigenvalue weighted by molar-refractivity contribution is -0.207. The summed E-state index contributed by atoms with van der Waals surface area (Å²) >= 11 is 5.92. The fraction of sp³-hybridized carbons (Fsp3) is 0.333. The molecule has 14 heteroatoms. The number of ether oxygens (including phenoxy) is 1. The van der Waals surface area contributed by atoms with Crippen LogP contribution in [0.5, 0.6) is 5.75 Å². The third-order valence-electron chi connectivity index (χ3n) is 5.56. The first kappa shape index (κ1) is 27.4. The normalized spacial score (nSPS) is 13.1. The highest BCUT2D eigenvalue weighted by Gasteiger charge is 2.39. The molecule has 2 heterocycles. The van der Waals surface area contributed by atoms with Gasteiger partial charge in [-0.15, -0.1) is 10.2 Å². The zero-order valence-corrected chi connectivity index (χ0v) is 21.3. The minimum Gasteiger partial charge on any atom is -0.494 e. The van der Waals surface area contributed by atoms with Crippen molar-refractivity contribution >= 4 is 11.6 Å². The molecule has 2 aromatic carbocycles. The van der Waals surface area contributed by atoms with E-state index in [1.165, 1.54) is 49.9 Å². The maximum absolute atomic E-state index is 13.2. The van der Waals surface area contributed by atoms with E-state index in [1.54, 1.807) is 24.3 Å². The zero-order valence-electron chi connectivity index (χ0n) is 20.5. The molecule has 0 spiro atoms. The summed E-state index contributed by atoms with van der Waals surface area (Å²) < 4.78 is 47.7. The van der Waals surface area contributed by atoms with Crippen LogP contribution in [-0.2, 0) is 18.7 Å². The summed E-state index contributed by atoms with van der Waals surface area (Å²) in [5, 5.41) is 29.4. The van der Waals surface area contributed by atoms with E-state index in [9.17, 15) is 28.2 Å². The van der Waals surface area contributed by atoms with Crippen LogP contribution in [0.25, 0.3) is 17.1 Å². The molecule has 0 amide bonds. The van der Waals surface area contributed by atoms with Crippen molar-refractivity contribution in [2.45, 2.75) is 44.8 Å². The maximum Gasteiger partial charge on any atom is 0.416 e. The van der Waals surface area contributed by atoms with E-state index in [-0.39, 0.29) is 24.0 Å². The van der Waals surface area contributed by atoms with Crippen LogP contribution in [0.1, 0.15) is 25.5 Å². The van der Waals surface area contributed by atoms with Crippen LogP contribution in [0.4, 0.5) is 13.2 Å². The number of aliphatic hydroxyl groups is 2. The first-order valence-corrected chi connectivity index (χ1v) is 11.7. The van der Waals surface area contributed by atoms with Crippen LogP contribution in [0.15, 0.2) is 53.3 Å². The van der Waals surface area contributed by atoms with Crippen LogP contribution >= 0.6 is 11.6 Å². The summed E-state index contributed by atoms with van der Waals surface area (Å²) in [6.07, 6.45) is -7.75. The van der Waals surface area contributed by atoms with Crippen molar-refractivity contribution < 1.29 is 28.1 Å². The molecule has 38 heavy (non-hydrogen) atoms. The average Bonchev–Trinajstić information content (AvgIpc) is 3.41. The zero-order chi connectivity index (χ0) is 27.8. The summed E-state index contributed by atoms with van der Waals surface area (Å²) in [7, 11) is 1.47. The summed E-state index contributed by atoms with van der Waals surface area (Å²) in [6, 6.07) is 12.9.